The van der Waals surface area contributed by atoms with Gasteiger partial charge in [0.2, 0.25) is 0 Å². The number of aromatic nitrogens is 3. The number of benzene rings is 1. The molecule has 1 aromatic heterocycles. The van der Waals surface area contributed by atoms with Crippen LogP contribution in [0.4, 0.5) is 4.39 Å². The van der Waals surface area contributed by atoms with Crippen molar-refractivity contribution >= 4 is 17.5 Å². The minimum absolute atomic E-state index is 0.0679. The summed E-state index contributed by atoms with van der Waals surface area (Å²) >= 11 is 5.63. The highest BCUT2D eigenvalue weighted by atomic mass is 35.5. The lowest BCUT2D eigenvalue weighted by Crippen LogP contribution is -2.23. The maximum Gasteiger partial charge on any atom is 0.273 e. The van der Waals surface area contributed by atoms with E-state index < -0.39 is 11.7 Å². The summed E-state index contributed by atoms with van der Waals surface area (Å²) in [6.45, 7) is 0.0679. The smallest absolute Gasteiger partial charge is 0.273 e. The van der Waals surface area contributed by atoms with Crippen molar-refractivity contribution in [3.8, 4) is 0 Å². The molecule has 18 heavy (non-hydrogen) atoms. The second-order valence-electron chi connectivity index (χ2n) is 3.70. The first kappa shape index (κ1) is 12.5. The Morgan fingerprint density at radius 2 is 2.33 bits per heavy atom. The molecule has 0 aliphatic rings. The molecule has 0 saturated carbocycles. The Kier molecular flexibility index (Phi) is 3.57. The molecule has 7 heteroatoms. The topological polar surface area (TPSA) is 59.8 Å². The van der Waals surface area contributed by atoms with Crippen molar-refractivity contribution in [3.05, 3.63) is 46.5 Å². The number of carbonyl (C=O) groups excluding carboxylic acids is 1. The van der Waals surface area contributed by atoms with Crippen LogP contribution in [0.5, 0.6) is 0 Å². The molecule has 0 fully saturated rings. The predicted molar refractivity (Wildman–Crippen MR) is 63.6 cm³/mol. The summed E-state index contributed by atoms with van der Waals surface area (Å²) in [5.74, 6) is -0.862. The summed E-state index contributed by atoms with van der Waals surface area (Å²) < 4.78 is 14.9. The van der Waals surface area contributed by atoms with Crippen LogP contribution < -0.4 is 5.32 Å². The van der Waals surface area contributed by atoms with E-state index in [0.29, 0.717) is 10.6 Å². The molecule has 5 nitrogen and oxygen atoms in total. The molecule has 2 aromatic rings. The zero-order valence-electron chi connectivity index (χ0n) is 9.52. The third-order valence-corrected chi connectivity index (χ3v) is 2.52. The van der Waals surface area contributed by atoms with Gasteiger partial charge in [-0.05, 0) is 12.1 Å². The summed E-state index contributed by atoms with van der Waals surface area (Å²) in [6, 6.07) is 4.29. The van der Waals surface area contributed by atoms with Crippen LogP contribution in [0.25, 0.3) is 0 Å². The molecule has 0 bridgehead atoms. The molecule has 1 aromatic carbocycles. The van der Waals surface area contributed by atoms with Gasteiger partial charge in [-0.25, -0.2) is 4.39 Å². The minimum atomic E-state index is -0.457. The predicted octanol–water partition coefficient (Wildman–Crippen LogP) is 1.54. The van der Waals surface area contributed by atoms with Crippen molar-refractivity contribution in [3.63, 3.8) is 0 Å². The molecular formula is C11H10ClFN4O. The van der Waals surface area contributed by atoms with Gasteiger partial charge in [0.1, 0.15) is 5.82 Å². The van der Waals surface area contributed by atoms with Gasteiger partial charge >= 0.3 is 0 Å². The van der Waals surface area contributed by atoms with Gasteiger partial charge in [-0.3, -0.25) is 9.48 Å². The Morgan fingerprint density at radius 3 is 2.94 bits per heavy atom. The fourth-order valence-electron chi connectivity index (χ4n) is 1.38. The van der Waals surface area contributed by atoms with E-state index in [2.05, 4.69) is 15.6 Å². The molecule has 0 saturated heterocycles. The van der Waals surface area contributed by atoms with Crippen LogP contribution in [0.1, 0.15) is 16.1 Å². The second-order valence-corrected chi connectivity index (χ2v) is 4.13. The molecule has 1 amide bonds. The summed E-state index contributed by atoms with van der Waals surface area (Å²) in [7, 11) is 1.66. The van der Waals surface area contributed by atoms with Gasteiger partial charge in [0.05, 0.1) is 6.20 Å². The van der Waals surface area contributed by atoms with E-state index in [-0.39, 0.29) is 12.2 Å². The molecule has 94 valence electrons. The normalized spacial score (nSPS) is 10.4. The molecule has 0 radical (unpaired) electrons. The first-order valence-corrected chi connectivity index (χ1v) is 5.52. The maximum absolute atomic E-state index is 13.4. The number of rotatable bonds is 3. The van der Waals surface area contributed by atoms with E-state index in [1.54, 1.807) is 13.1 Å². The minimum Gasteiger partial charge on any atom is -0.346 e. The fourth-order valence-corrected chi connectivity index (χ4v) is 1.54. The zero-order chi connectivity index (χ0) is 13.1. The molecule has 0 spiro atoms. The number of aryl methyl sites for hydroxylation is 1. The number of nitrogens with zero attached hydrogens (tertiary/aromatic N) is 3. The van der Waals surface area contributed by atoms with Crippen LogP contribution in [0, 0.1) is 5.82 Å². The third kappa shape index (κ3) is 2.84. The summed E-state index contributed by atoms with van der Waals surface area (Å²) in [6.07, 6.45) is 1.48. The Bertz CT molecular complexity index is 584. The number of hydrogen-bond acceptors (Lipinski definition) is 3. The summed E-state index contributed by atoms with van der Waals surface area (Å²) in [4.78, 5) is 11.6. The van der Waals surface area contributed by atoms with E-state index >= 15 is 0 Å². The molecular weight excluding hydrogens is 259 g/mol. The number of carbonyl (C=O) groups is 1. The van der Waals surface area contributed by atoms with Gasteiger partial charge in [-0.1, -0.05) is 22.9 Å². The Morgan fingerprint density at radius 1 is 1.56 bits per heavy atom. The summed E-state index contributed by atoms with van der Waals surface area (Å²) in [5.41, 5.74) is 0.545. The third-order valence-electron chi connectivity index (χ3n) is 2.29. The number of amides is 1. The highest BCUT2D eigenvalue weighted by Crippen LogP contribution is 2.14. The average molecular weight is 269 g/mol. The molecule has 0 unspecified atom stereocenters. The molecule has 0 aliphatic carbocycles. The molecule has 0 aliphatic heterocycles. The zero-order valence-corrected chi connectivity index (χ0v) is 10.3. The Labute approximate surface area is 108 Å². The van der Waals surface area contributed by atoms with Crippen LogP contribution in [0.3, 0.4) is 0 Å². The van der Waals surface area contributed by atoms with Crippen LogP contribution >= 0.6 is 11.6 Å². The van der Waals surface area contributed by atoms with Crippen molar-refractivity contribution in [2.75, 3.05) is 0 Å². The SMILES string of the molecule is Cn1cc(C(=O)NCc2ccc(Cl)cc2F)nn1. The first-order valence-electron chi connectivity index (χ1n) is 5.14. The number of halogens is 2. The van der Waals surface area contributed by atoms with Crippen molar-refractivity contribution in [1.82, 2.24) is 20.3 Å². The maximum atomic E-state index is 13.4. The average Bonchev–Trinajstić information content (AvgIpc) is 2.74. The van der Waals surface area contributed by atoms with E-state index in [9.17, 15) is 9.18 Å². The van der Waals surface area contributed by atoms with E-state index in [0.717, 1.165) is 0 Å². The quantitative estimate of drug-likeness (QED) is 0.919. The lowest BCUT2D eigenvalue weighted by Gasteiger charge is -2.04. The van der Waals surface area contributed by atoms with Gasteiger partial charge in [0.15, 0.2) is 5.69 Å². The highest BCUT2D eigenvalue weighted by Gasteiger charge is 2.10. The van der Waals surface area contributed by atoms with Gasteiger partial charge in [0, 0.05) is 24.2 Å². The Balaban J connectivity index is 2.01. The lowest BCUT2D eigenvalue weighted by atomic mass is 10.2. The van der Waals surface area contributed by atoms with E-state index in [1.807, 2.05) is 0 Å². The first-order chi connectivity index (χ1) is 8.56. The van der Waals surface area contributed by atoms with Gasteiger partial charge < -0.3 is 5.32 Å². The number of nitrogens with one attached hydrogen (secondary N) is 1. The highest BCUT2D eigenvalue weighted by molar-refractivity contribution is 6.30. The largest absolute Gasteiger partial charge is 0.346 e. The van der Waals surface area contributed by atoms with Gasteiger partial charge in [0.25, 0.3) is 5.91 Å². The van der Waals surface area contributed by atoms with Crippen molar-refractivity contribution < 1.29 is 9.18 Å². The monoisotopic (exact) mass is 268 g/mol. The standard InChI is InChI=1S/C11H10ClFN4O/c1-17-6-10(15-16-17)11(18)14-5-7-2-3-8(12)4-9(7)13/h2-4,6H,5H2,1H3,(H,14,18). The van der Waals surface area contributed by atoms with E-state index in [4.69, 9.17) is 11.6 Å². The van der Waals surface area contributed by atoms with Crippen LogP contribution in [0.2, 0.25) is 5.02 Å². The van der Waals surface area contributed by atoms with Crippen molar-refractivity contribution in [1.29, 1.82) is 0 Å². The van der Waals surface area contributed by atoms with Gasteiger partial charge in [-0.15, -0.1) is 5.10 Å². The Hall–Kier alpha value is -1.95. The fraction of sp³-hybridized carbons (Fsp3) is 0.182. The lowest BCUT2D eigenvalue weighted by molar-refractivity contribution is 0.0945. The molecule has 2 rings (SSSR count). The van der Waals surface area contributed by atoms with E-state index in [1.165, 1.54) is 23.0 Å². The van der Waals surface area contributed by atoms with Crippen molar-refractivity contribution in [2.45, 2.75) is 6.54 Å². The van der Waals surface area contributed by atoms with Crippen molar-refractivity contribution in [2.24, 2.45) is 7.05 Å². The van der Waals surface area contributed by atoms with Crippen LogP contribution in [-0.2, 0) is 13.6 Å². The number of hydrogen-bond donors (Lipinski definition) is 1. The second kappa shape index (κ2) is 5.14. The molecule has 1 heterocycles. The van der Waals surface area contributed by atoms with Gasteiger partial charge in [-0.2, -0.15) is 0 Å². The molecule has 1 N–H and O–H groups in total. The summed E-state index contributed by atoms with van der Waals surface area (Å²) in [5, 5.41) is 10.2. The molecule has 0 atom stereocenters. The van der Waals surface area contributed by atoms with Crippen LogP contribution in [0.15, 0.2) is 24.4 Å². The van der Waals surface area contributed by atoms with Crippen LogP contribution in [-0.4, -0.2) is 20.9 Å².